The van der Waals surface area contributed by atoms with Crippen LogP contribution in [0.25, 0.3) is 0 Å². The fourth-order valence-electron chi connectivity index (χ4n) is 1.75. The third kappa shape index (κ3) is 6.70. The number of nitrogens with one attached hydrogen (secondary N) is 2. The molecule has 0 aliphatic rings. The van der Waals surface area contributed by atoms with E-state index in [-0.39, 0.29) is 6.03 Å². The van der Waals surface area contributed by atoms with Gasteiger partial charge in [0.2, 0.25) is 0 Å². The lowest BCUT2D eigenvalue weighted by Crippen LogP contribution is -2.37. The fourth-order valence-corrected chi connectivity index (χ4v) is 1.75. The minimum Gasteiger partial charge on any atom is -0.497 e. The van der Waals surface area contributed by atoms with Gasteiger partial charge in [-0.3, -0.25) is 0 Å². The van der Waals surface area contributed by atoms with Crippen molar-refractivity contribution in [3.8, 4) is 5.75 Å². The molecule has 106 valence electrons. The standard InChI is InChI=1S/C15H24N2O2/c1-3-4-5-11-16-15(18)17-12-10-13-6-8-14(19-2)9-7-13/h6-9H,3-5,10-12H2,1-2H3,(H2,16,17,18). The first kappa shape index (κ1) is 15.3. The Morgan fingerprint density at radius 1 is 1.11 bits per heavy atom. The van der Waals surface area contributed by atoms with E-state index in [1.54, 1.807) is 7.11 Å². The Balaban J connectivity index is 2.13. The molecule has 0 aliphatic heterocycles. The van der Waals surface area contributed by atoms with Gasteiger partial charge >= 0.3 is 6.03 Å². The number of hydrogen-bond donors (Lipinski definition) is 2. The number of rotatable bonds is 8. The second-order valence-corrected chi connectivity index (χ2v) is 4.49. The molecule has 0 saturated carbocycles. The molecule has 1 rings (SSSR count). The SMILES string of the molecule is CCCCCNC(=O)NCCc1ccc(OC)cc1. The number of amides is 2. The van der Waals surface area contributed by atoms with Gasteiger partial charge in [0.25, 0.3) is 0 Å². The summed E-state index contributed by atoms with van der Waals surface area (Å²) < 4.78 is 5.10. The Labute approximate surface area is 115 Å². The number of unbranched alkanes of at least 4 members (excludes halogenated alkanes) is 2. The van der Waals surface area contributed by atoms with E-state index < -0.39 is 0 Å². The van der Waals surface area contributed by atoms with Crippen LogP contribution < -0.4 is 15.4 Å². The number of ether oxygens (including phenoxy) is 1. The second-order valence-electron chi connectivity index (χ2n) is 4.49. The molecule has 2 N–H and O–H groups in total. The monoisotopic (exact) mass is 264 g/mol. The zero-order chi connectivity index (χ0) is 13.9. The Kier molecular flexibility index (Phi) is 7.47. The van der Waals surface area contributed by atoms with Crippen LogP contribution in [0.15, 0.2) is 24.3 Å². The van der Waals surface area contributed by atoms with Crippen molar-refractivity contribution in [1.82, 2.24) is 10.6 Å². The predicted molar refractivity (Wildman–Crippen MR) is 77.6 cm³/mol. The molecule has 0 fully saturated rings. The number of carbonyl (C=O) groups excluding carboxylic acids is 1. The van der Waals surface area contributed by atoms with Gasteiger partial charge in [-0.05, 0) is 30.5 Å². The number of benzene rings is 1. The van der Waals surface area contributed by atoms with Crippen LogP contribution in [0.1, 0.15) is 31.7 Å². The van der Waals surface area contributed by atoms with Crippen LogP contribution in [0.4, 0.5) is 4.79 Å². The van der Waals surface area contributed by atoms with Gasteiger partial charge in [0.15, 0.2) is 0 Å². The van der Waals surface area contributed by atoms with Crippen LogP contribution in [-0.2, 0) is 6.42 Å². The van der Waals surface area contributed by atoms with Gasteiger partial charge in [-0.15, -0.1) is 0 Å². The molecule has 2 amide bonds. The highest BCUT2D eigenvalue weighted by Gasteiger charge is 1.99. The first-order valence-corrected chi connectivity index (χ1v) is 6.91. The van der Waals surface area contributed by atoms with E-state index in [0.29, 0.717) is 6.54 Å². The highest BCUT2D eigenvalue weighted by Crippen LogP contribution is 2.11. The lowest BCUT2D eigenvalue weighted by molar-refractivity contribution is 0.241. The largest absolute Gasteiger partial charge is 0.497 e. The molecule has 4 nitrogen and oxygen atoms in total. The summed E-state index contributed by atoms with van der Waals surface area (Å²) in [5.74, 6) is 0.852. The van der Waals surface area contributed by atoms with Crippen molar-refractivity contribution in [1.29, 1.82) is 0 Å². The minimum absolute atomic E-state index is 0.0791. The zero-order valence-electron chi connectivity index (χ0n) is 11.9. The fraction of sp³-hybridized carbons (Fsp3) is 0.533. The molecule has 0 atom stereocenters. The van der Waals surface area contributed by atoms with Crippen molar-refractivity contribution in [2.45, 2.75) is 32.6 Å². The molecule has 0 unspecified atom stereocenters. The third-order valence-electron chi connectivity index (χ3n) is 2.92. The second kappa shape index (κ2) is 9.25. The molecule has 1 aromatic rings. The summed E-state index contributed by atoms with van der Waals surface area (Å²) in [6, 6.07) is 7.81. The predicted octanol–water partition coefficient (Wildman–Crippen LogP) is 2.73. The van der Waals surface area contributed by atoms with Crippen molar-refractivity contribution < 1.29 is 9.53 Å². The first-order valence-electron chi connectivity index (χ1n) is 6.91. The summed E-state index contributed by atoms with van der Waals surface area (Å²) >= 11 is 0. The molecular weight excluding hydrogens is 240 g/mol. The lowest BCUT2D eigenvalue weighted by Gasteiger charge is -2.07. The van der Waals surface area contributed by atoms with Gasteiger partial charge in [0.05, 0.1) is 7.11 Å². The summed E-state index contributed by atoms with van der Waals surface area (Å²) in [4.78, 5) is 11.5. The van der Waals surface area contributed by atoms with E-state index in [9.17, 15) is 4.79 Å². The molecule has 4 heteroatoms. The summed E-state index contributed by atoms with van der Waals surface area (Å²) in [5, 5.41) is 5.71. The molecule has 0 aliphatic carbocycles. The number of hydrogen-bond acceptors (Lipinski definition) is 2. The lowest BCUT2D eigenvalue weighted by atomic mass is 10.1. The van der Waals surface area contributed by atoms with Crippen molar-refractivity contribution in [2.75, 3.05) is 20.2 Å². The van der Waals surface area contributed by atoms with Gasteiger partial charge in [-0.2, -0.15) is 0 Å². The normalized spacial score (nSPS) is 10.0. The first-order chi connectivity index (χ1) is 9.26. The smallest absolute Gasteiger partial charge is 0.314 e. The number of methoxy groups -OCH3 is 1. The highest BCUT2D eigenvalue weighted by molar-refractivity contribution is 5.73. The van der Waals surface area contributed by atoms with Crippen molar-refractivity contribution >= 4 is 6.03 Å². The molecule has 0 aromatic heterocycles. The molecule has 0 heterocycles. The van der Waals surface area contributed by atoms with Crippen LogP contribution in [0, 0.1) is 0 Å². The van der Waals surface area contributed by atoms with Gasteiger partial charge in [-0.1, -0.05) is 31.9 Å². The quantitative estimate of drug-likeness (QED) is 0.709. The van der Waals surface area contributed by atoms with Crippen LogP contribution in [0.2, 0.25) is 0 Å². The molecule has 1 aromatic carbocycles. The van der Waals surface area contributed by atoms with E-state index >= 15 is 0 Å². The van der Waals surface area contributed by atoms with Gasteiger partial charge in [0, 0.05) is 13.1 Å². The van der Waals surface area contributed by atoms with Crippen molar-refractivity contribution in [2.24, 2.45) is 0 Å². The Morgan fingerprint density at radius 2 is 1.79 bits per heavy atom. The van der Waals surface area contributed by atoms with E-state index in [2.05, 4.69) is 17.6 Å². The van der Waals surface area contributed by atoms with E-state index in [4.69, 9.17) is 4.74 Å². The Hall–Kier alpha value is -1.71. The van der Waals surface area contributed by atoms with E-state index in [1.165, 1.54) is 12.0 Å². The molecule has 0 spiro atoms. The summed E-state index contributed by atoms with van der Waals surface area (Å²) in [6.45, 7) is 3.54. The van der Waals surface area contributed by atoms with Crippen LogP contribution in [0.3, 0.4) is 0 Å². The summed E-state index contributed by atoms with van der Waals surface area (Å²) in [5.41, 5.74) is 1.19. The van der Waals surface area contributed by atoms with E-state index in [0.717, 1.165) is 31.6 Å². The molecule has 0 saturated heterocycles. The molecular formula is C15H24N2O2. The maximum Gasteiger partial charge on any atom is 0.314 e. The number of urea groups is 1. The van der Waals surface area contributed by atoms with Crippen LogP contribution >= 0.6 is 0 Å². The third-order valence-corrected chi connectivity index (χ3v) is 2.92. The van der Waals surface area contributed by atoms with Crippen LogP contribution in [-0.4, -0.2) is 26.2 Å². The maximum absolute atomic E-state index is 11.5. The average molecular weight is 264 g/mol. The molecule has 19 heavy (non-hydrogen) atoms. The highest BCUT2D eigenvalue weighted by atomic mass is 16.5. The Bertz CT molecular complexity index is 363. The summed E-state index contributed by atoms with van der Waals surface area (Å²) in [7, 11) is 1.65. The van der Waals surface area contributed by atoms with Gasteiger partial charge < -0.3 is 15.4 Å². The summed E-state index contributed by atoms with van der Waals surface area (Å²) in [6.07, 6.45) is 4.20. The van der Waals surface area contributed by atoms with Crippen LogP contribution in [0.5, 0.6) is 5.75 Å². The van der Waals surface area contributed by atoms with Gasteiger partial charge in [-0.25, -0.2) is 4.79 Å². The molecule has 0 radical (unpaired) electrons. The van der Waals surface area contributed by atoms with Crippen molar-refractivity contribution in [3.05, 3.63) is 29.8 Å². The van der Waals surface area contributed by atoms with E-state index in [1.807, 2.05) is 24.3 Å². The topological polar surface area (TPSA) is 50.4 Å². The maximum atomic E-state index is 11.5. The van der Waals surface area contributed by atoms with Gasteiger partial charge in [0.1, 0.15) is 5.75 Å². The average Bonchev–Trinajstić information content (AvgIpc) is 2.44. The van der Waals surface area contributed by atoms with Crippen molar-refractivity contribution in [3.63, 3.8) is 0 Å². The Morgan fingerprint density at radius 3 is 2.42 bits per heavy atom. The number of carbonyl (C=O) groups is 1. The zero-order valence-corrected chi connectivity index (χ0v) is 11.9. The minimum atomic E-state index is -0.0791. The molecule has 0 bridgehead atoms.